The second kappa shape index (κ2) is 10.5. The van der Waals surface area contributed by atoms with Crippen molar-refractivity contribution in [3.8, 4) is 0 Å². The second-order valence-corrected chi connectivity index (χ2v) is 8.06. The molecule has 0 radical (unpaired) electrons. The molecule has 28 heavy (non-hydrogen) atoms. The number of likely N-dealkylation sites (tertiary alicyclic amines) is 1. The van der Waals surface area contributed by atoms with Gasteiger partial charge in [0.25, 0.3) is 11.8 Å². The molecule has 7 heteroatoms. The lowest BCUT2D eigenvalue weighted by molar-refractivity contribution is -1.00. The zero-order chi connectivity index (χ0) is 19.8. The fourth-order valence-corrected chi connectivity index (χ4v) is 4.13. The van der Waals surface area contributed by atoms with Crippen molar-refractivity contribution in [1.29, 1.82) is 0 Å². The molecular weight excluding hydrogens is 359 g/mol. The fourth-order valence-electron chi connectivity index (χ4n) is 4.13. The Balaban J connectivity index is 1.37. The van der Waals surface area contributed by atoms with Crippen LogP contribution >= 0.6 is 0 Å². The van der Waals surface area contributed by atoms with Gasteiger partial charge < -0.3 is 20.0 Å². The van der Waals surface area contributed by atoms with Crippen LogP contribution in [0, 0.1) is 5.82 Å². The Morgan fingerprint density at radius 1 is 0.929 bits per heavy atom. The minimum atomic E-state index is -0.355. The third-order valence-electron chi connectivity index (χ3n) is 5.79. The molecular formula is C21H33FN4O2+2. The van der Waals surface area contributed by atoms with Crippen molar-refractivity contribution in [2.75, 3.05) is 57.7 Å². The number of carbonyl (C=O) groups excluding carboxylic acids is 2. The monoisotopic (exact) mass is 392 g/mol. The predicted octanol–water partition coefficient (Wildman–Crippen LogP) is -0.660. The quantitative estimate of drug-likeness (QED) is 0.623. The summed E-state index contributed by atoms with van der Waals surface area (Å²) in [5.74, 6) is -0.169. The zero-order valence-electron chi connectivity index (χ0n) is 16.6. The summed E-state index contributed by atoms with van der Waals surface area (Å²) in [6, 6.07) is 5.96. The molecule has 2 amide bonds. The molecule has 0 atom stereocenters. The summed E-state index contributed by atoms with van der Waals surface area (Å²) in [4.78, 5) is 29.4. The van der Waals surface area contributed by atoms with Gasteiger partial charge in [-0.25, -0.2) is 4.39 Å². The molecule has 0 spiro atoms. The number of benzene rings is 1. The largest absolute Gasteiger partial charge is 0.338 e. The maximum absolute atomic E-state index is 13.2. The van der Waals surface area contributed by atoms with Crippen LogP contribution < -0.4 is 15.1 Å². The van der Waals surface area contributed by atoms with E-state index in [1.807, 2.05) is 0 Å². The van der Waals surface area contributed by atoms with E-state index in [0.717, 1.165) is 52.1 Å². The molecule has 0 aromatic heterocycles. The highest BCUT2D eigenvalue weighted by atomic mass is 19.1. The van der Waals surface area contributed by atoms with Gasteiger partial charge >= 0.3 is 0 Å². The van der Waals surface area contributed by atoms with Crippen LogP contribution in [-0.4, -0.2) is 69.1 Å². The SMILES string of the molecule is O=C(C[NH+]1CC[NH+](CC(=O)N2CCCCCCC2)CC1)Nc1cccc(F)c1. The van der Waals surface area contributed by atoms with E-state index in [1.165, 1.54) is 41.2 Å². The Bertz CT molecular complexity index is 654. The number of carbonyl (C=O) groups is 2. The van der Waals surface area contributed by atoms with E-state index >= 15 is 0 Å². The van der Waals surface area contributed by atoms with E-state index < -0.39 is 0 Å². The first-order valence-electron chi connectivity index (χ1n) is 10.6. The molecule has 1 aromatic rings. The summed E-state index contributed by atoms with van der Waals surface area (Å²) < 4.78 is 13.2. The van der Waals surface area contributed by atoms with Gasteiger partial charge in [-0.2, -0.15) is 0 Å². The van der Waals surface area contributed by atoms with E-state index in [2.05, 4.69) is 10.2 Å². The number of quaternary nitrogens is 2. The molecule has 0 bridgehead atoms. The van der Waals surface area contributed by atoms with E-state index in [4.69, 9.17) is 0 Å². The van der Waals surface area contributed by atoms with Gasteiger partial charge in [0.15, 0.2) is 13.1 Å². The van der Waals surface area contributed by atoms with Crippen LogP contribution in [0.25, 0.3) is 0 Å². The number of piperazine rings is 1. The molecule has 3 N–H and O–H groups in total. The van der Waals surface area contributed by atoms with Crippen LogP contribution in [0.5, 0.6) is 0 Å². The molecule has 2 fully saturated rings. The van der Waals surface area contributed by atoms with Crippen molar-refractivity contribution in [3.63, 3.8) is 0 Å². The highest BCUT2D eigenvalue weighted by Crippen LogP contribution is 2.10. The van der Waals surface area contributed by atoms with Crippen molar-refractivity contribution < 1.29 is 23.8 Å². The Morgan fingerprint density at radius 3 is 2.18 bits per heavy atom. The minimum absolute atomic E-state index is 0.0965. The van der Waals surface area contributed by atoms with Crippen molar-refractivity contribution in [2.45, 2.75) is 32.1 Å². The molecule has 154 valence electrons. The summed E-state index contributed by atoms with van der Waals surface area (Å²) in [7, 11) is 0. The average molecular weight is 393 g/mol. The van der Waals surface area contributed by atoms with Gasteiger partial charge in [0.2, 0.25) is 0 Å². The van der Waals surface area contributed by atoms with Crippen molar-refractivity contribution in [1.82, 2.24) is 4.90 Å². The number of nitrogens with one attached hydrogen (secondary N) is 3. The first kappa shape index (κ1) is 20.7. The van der Waals surface area contributed by atoms with Crippen LogP contribution in [-0.2, 0) is 9.59 Å². The van der Waals surface area contributed by atoms with Gasteiger partial charge in [-0.1, -0.05) is 25.3 Å². The van der Waals surface area contributed by atoms with Crippen molar-refractivity contribution >= 4 is 17.5 Å². The van der Waals surface area contributed by atoms with Gasteiger partial charge in [0.1, 0.15) is 32.0 Å². The fraction of sp³-hybridized carbons (Fsp3) is 0.619. The number of rotatable bonds is 5. The average Bonchev–Trinajstić information content (AvgIpc) is 2.63. The lowest BCUT2D eigenvalue weighted by atomic mass is 10.1. The Kier molecular flexibility index (Phi) is 7.80. The molecule has 6 nitrogen and oxygen atoms in total. The van der Waals surface area contributed by atoms with E-state index in [1.54, 1.807) is 12.1 Å². The molecule has 2 heterocycles. The van der Waals surface area contributed by atoms with Crippen LogP contribution in [0.1, 0.15) is 32.1 Å². The minimum Gasteiger partial charge on any atom is -0.338 e. The van der Waals surface area contributed by atoms with Gasteiger partial charge in [-0.15, -0.1) is 0 Å². The van der Waals surface area contributed by atoms with Crippen LogP contribution in [0.15, 0.2) is 24.3 Å². The topological polar surface area (TPSA) is 58.3 Å². The molecule has 3 rings (SSSR count). The third kappa shape index (κ3) is 6.56. The number of amides is 2. The maximum Gasteiger partial charge on any atom is 0.279 e. The number of hydrogen-bond donors (Lipinski definition) is 3. The molecule has 2 aliphatic rings. The third-order valence-corrected chi connectivity index (χ3v) is 5.79. The molecule has 2 saturated heterocycles. The lowest BCUT2D eigenvalue weighted by Crippen LogP contribution is -3.28. The normalized spacial score (nSPS) is 23.5. The molecule has 1 aromatic carbocycles. The zero-order valence-corrected chi connectivity index (χ0v) is 16.6. The Morgan fingerprint density at radius 2 is 1.54 bits per heavy atom. The van der Waals surface area contributed by atoms with E-state index in [0.29, 0.717) is 18.8 Å². The van der Waals surface area contributed by atoms with E-state index in [9.17, 15) is 14.0 Å². The smallest absolute Gasteiger partial charge is 0.279 e. The second-order valence-electron chi connectivity index (χ2n) is 8.06. The first-order valence-corrected chi connectivity index (χ1v) is 10.6. The van der Waals surface area contributed by atoms with Crippen molar-refractivity contribution in [3.05, 3.63) is 30.1 Å². The standard InChI is InChI=1S/C21H31FN4O2/c22-18-7-6-8-19(15-18)23-20(27)16-24-11-13-25(14-12-24)17-21(28)26-9-4-2-1-3-5-10-26/h6-8,15H,1-5,9-14,16-17H2,(H,23,27)/p+2. The molecule has 2 aliphatic heterocycles. The van der Waals surface area contributed by atoms with Gasteiger partial charge in [0, 0.05) is 18.8 Å². The summed E-state index contributed by atoms with van der Waals surface area (Å²) in [5, 5.41) is 2.76. The van der Waals surface area contributed by atoms with Crippen LogP contribution in [0.4, 0.5) is 10.1 Å². The highest BCUT2D eigenvalue weighted by molar-refractivity contribution is 5.91. The van der Waals surface area contributed by atoms with Crippen LogP contribution in [0.2, 0.25) is 0 Å². The summed E-state index contributed by atoms with van der Waals surface area (Å²) in [5.41, 5.74) is 0.493. The lowest BCUT2D eigenvalue weighted by Gasteiger charge is -2.31. The van der Waals surface area contributed by atoms with Crippen molar-refractivity contribution in [2.24, 2.45) is 0 Å². The predicted molar refractivity (Wildman–Crippen MR) is 106 cm³/mol. The summed E-state index contributed by atoms with van der Waals surface area (Å²) >= 11 is 0. The van der Waals surface area contributed by atoms with Gasteiger partial charge in [-0.05, 0) is 31.0 Å². The highest BCUT2D eigenvalue weighted by Gasteiger charge is 2.28. The summed E-state index contributed by atoms with van der Waals surface area (Å²) in [6.45, 7) is 6.32. The van der Waals surface area contributed by atoms with Gasteiger partial charge in [-0.3, -0.25) is 9.59 Å². The molecule has 0 saturated carbocycles. The maximum atomic E-state index is 13.2. The van der Waals surface area contributed by atoms with E-state index in [-0.39, 0.29) is 17.6 Å². The number of halogens is 1. The first-order chi connectivity index (χ1) is 13.6. The number of anilines is 1. The Hall–Kier alpha value is -1.99. The van der Waals surface area contributed by atoms with Gasteiger partial charge in [0.05, 0.1) is 0 Å². The Labute approximate surface area is 166 Å². The number of hydrogen-bond acceptors (Lipinski definition) is 2. The molecule has 0 aliphatic carbocycles. The van der Waals surface area contributed by atoms with Crippen LogP contribution in [0.3, 0.4) is 0 Å². The molecule has 0 unspecified atom stereocenters. The number of nitrogens with zero attached hydrogens (tertiary/aromatic N) is 1. The summed E-state index contributed by atoms with van der Waals surface area (Å²) in [6.07, 6.45) is 6.01.